The summed E-state index contributed by atoms with van der Waals surface area (Å²) in [4.78, 5) is 29.7. The zero-order valence-corrected chi connectivity index (χ0v) is 31.3. The lowest BCUT2D eigenvalue weighted by Gasteiger charge is -2.48. The van der Waals surface area contributed by atoms with Gasteiger partial charge in [-0.3, -0.25) is 9.59 Å². The molecular formula is C36H61NO12. The minimum atomic E-state index is -1.65. The molecule has 0 aromatic rings. The number of rotatable bonds is 6. The molecule has 4 N–H and O–H groups in total. The van der Waals surface area contributed by atoms with Gasteiger partial charge in [0, 0.05) is 29.9 Å². The topological polar surface area (TPSA) is 174 Å². The molecule has 0 aliphatic carbocycles. The summed E-state index contributed by atoms with van der Waals surface area (Å²) < 4.78 is 37.8. The molecule has 3 saturated heterocycles. The molecule has 4 heterocycles. The number of esters is 1. The Balaban J connectivity index is 1.82. The van der Waals surface area contributed by atoms with Crippen molar-refractivity contribution in [2.75, 3.05) is 14.1 Å². The van der Waals surface area contributed by atoms with Gasteiger partial charge in [0.1, 0.15) is 24.1 Å². The average Bonchev–Trinajstić information content (AvgIpc) is 3.24. The highest BCUT2D eigenvalue weighted by Gasteiger charge is 2.56. The van der Waals surface area contributed by atoms with Crippen molar-refractivity contribution in [1.29, 1.82) is 0 Å². The van der Waals surface area contributed by atoms with Gasteiger partial charge in [0.15, 0.2) is 12.6 Å². The van der Waals surface area contributed by atoms with Crippen LogP contribution in [0.25, 0.3) is 0 Å². The first-order valence-corrected chi connectivity index (χ1v) is 17.8. The fraction of sp³-hybridized carbons (Fsp3) is 0.889. The van der Waals surface area contributed by atoms with E-state index in [9.17, 15) is 30.0 Å². The van der Waals surface area contributed by atoms with E-state index in [1.54, 1.807) is 41.5 Å². The largest absolute Gasteiger partial charge is 0.479 e. The Kier molecular flexibility index (Phi) is 12.1. The zero-order valence-electron chi connectivity index (χ0n) is 31.3. The second-order valence-corrected chi connectivity index (χ2v) is 16.0. The molecule has 0 aromatic carbocycles. The van der Waals surface area contributed by atoms with E-state index in [0.717, 1.165) is 0 Å². The van der Waals surface area contributed by atoms with Crippen LogP contribution >= 0.6 is 0 Å². The van der Waals surface area contributed by atoms with Crippen molar-refractivity contribution in [3.63, 3.8) is 0 Å². The predicted octanol–water partition coefficient (Wildman–Crippen LogP) is 2.45. The maximum atomic E-state index is 14.1. The first kappa shape index (κ1) is 40.1. The smallest absolute Gasteiger partial charge is 0.311 e. The highest BCUT2D eigenvalue weighted by atomic mass is 16.7. The Labute approximate surface area is 291 Å². The summed E-state index contributed by atoms with van der Waals surface area (Å²) in [7, 11) is 3.74. The summed E-state index contributed by atoms with van der Waals surface area (Å²) in [5.74, 6) is -2.77. The summed E-state index contributed by atoms with van der Waals surface area (Å²) in [6.07, 6.45) is -7.68. The minimum absolute atomic E-state index is 0.0814. The summed E-state index contributed by atoms with van der Waals surface area (Å²) in [5, 5.41) is 45.5. The fourth-order valence-electron chi connectivity index (χ4n) is 8.40. The van der Waals surface area contributed by atoms with Gasteiger partial charge in [-0.25, -0.2) is 0 Å². The third kappa shape index (κ3) is 7.90. The Morgan fingerprint density at radius 1 is 0.939 bits per heavy atom. The number of ether oxygens (including phenoxy) is 6. The fourth-order valence-corrected chi connectivity index (χ4v) is 8.40. The summed E-state index contributed by atoms with van der Waals surface area (Å²) in [6.45, 7) is 17.0. The van der Waals surface area contributed by atoms with Crippen LogP contribution in [-0.4, -0.2) is 129 Å². The minimum Gasteiger partial charge on any atom is -0.479 e. The lowest BCUT2D eigenvalue weighted by Crippen LogP contribution is -2.60. The molecule has 0 unspecified atom stereocenters. The van der Waals surface area contributed by atoms with Crippen molar-refractivity contribution >= 4 is 11.8 Å². The molecule has 13 heteroatoms. The van der Waals surface area contributed by atoms with Crippen molar-refractivity contribution in [3.8, 4) is 0 Å². The number of ketones is 1. The van der Waals surface area contributed by atoms with E-state index in [-0.39, 0.29) is 30.8 Å². The number of fused-ring (bicyclic) bond motifs is 2. The molecule has 4 aliphatic heterocycles. The van der Waals surface area contributed by atoms with Crippen LogP contribution < -0.4 is 0 Å². The normalized spacial score (nSPS) is 48.8. The van der Waals surface area contributed by atoms with E-state index in [1.807, 2.05) is 39.8 Å². The number of nitrogens with zero attached hydrogens (tertiary/aromatic N) is 1. The molecule has 2 bridgehead atoms. The second-order valence-electron chi connectivity index (χ2n) is 16.0. The van der Waals surface area contributed by atoms with Crippen LogP contribution in [-0.2, 0) is 38.0 Å². The average molecular weight is 700 g/mol. The Hall–Kier alpha value is -1.68. The number of aliphatic hydroxyl groups is 4. The van der Waals surface area contributed by atoms with Gasteiger partial charge in [0.2, 0.25) is 11.4 Å². The number of Topliss-reactive ketones (excluding diaryl/α,β-unsaturated/α-hetero) is 1. The second kappa shape index (κ2) is 14.7. The lowest BCUT2D eigenvalue weighted by molar-refractivity contribution is -0.316. The molecule has 16 atom stereocenters. The number of carbonyl (C=O) groups is 2. The van der Waals surface area contributed by atoms with Crippen molar-refractivity contribution in [1.82, 2.24) is 4.90 Å². The van der Waals surface area contributed by atoms with Crippen molar-refractivity contribution in [2.45, 2.75) is 173 Å². The first-order chi connectivity index (χ1) is 22.5. The van der Waals surface area contributed by atoms with Crippen LogP contribution in [0.2, 0.25) is 0 Å². The molecule has 282 valence electrons. The van der Waals surface area contributed by atoms with Crippen molar-refractivity contribution in [3.05, 3.63) is 11.3 Å². The standard InChI is InChI=1S/C36H61NO12/c1-13-24-36(10)29(39)19(4)27(49-36)17(2)15-35(9,43)31(48-33-26(38)23(37(11)12)14-18(3)44-33)20(5)28(21(6)32(41)46-24)47-25-16-34(8,42)30(40)22(7)45-25/h17-18,20-26,28,30-31,33,38,40,42-43H,13-16H2,1-12H3/t17-,18-,20+,21-,22+,23+,24-,25+,26-,28+,30+,31-,33+,34-,35-,36-/m1/s1. The number of cyclic esters (lactones) is 1. The summed E-state index contributed by atoms with van der Waals surface area (Å²) in [5.41, 5.74) is -4.26. The lowest BCUT2D eigenvalue weighted by atomic mass is 9.77. The van der Waals surface area contributed by atoms with Gasteiger partial charge in [0.05, 0.1) is 41.5 Å². The van der Waals surface area contributed by atoms with E-state index >= 15 is 0 Å². The number of hydrogen-bond donors (Lipinski definition) is 4. The van der Waals surface area contributed by atoms with Gasteiger partial charge in [-0.2, -0.15) is 0 Å². The van der Waals surface area contributed by atoms with E-state index in [1.165, 1.54) is 6.92 Å². The number of likely N-dealkylation sites (N-methyl/N-ethyl adjacent to an activating group) is 1. The molecule has 0 radical (unpaired) electrons. The SMILES string of the molecule is CC[C@H]1OC(=O)[C@H](C)[C@@H](O[C@H]2C[C@@](C)(O)[C@@H](O)[C@H](C)O2)[C@H](C)[C@@H](O[C@@H]2O[C@H](C)C[C@H](N(C)C)[C@H]2O)[C@](C)(O)C[C@@H](C)C2=C(C)C(=O)[C@]1(C)O2. The van der Waals surface area contributed by atoms with Gasteiger partial charge < -0.3 is 53.7 Å². The third-order valence-electron chi connectivity index (χ3n) is 11.3. The number of carbonyl (C=O) groups excluding carboxylic acids is 2. The molecular weight excluding hydrogens is 638 g/mol. The van der Waals surface area contributed by atoms with E-state index in [4.69, 9.17) is 28.4 Å². The van der Waals surface area contributed by atoms with Gasteiger partial charge in [-0.1, -0.05) is 20.8 Å². The Bertz CT molecular complexity index is 1240. The Morgan fingerprint density at radius 2 is 1.57 bits per heavy atom. The first-order valence-electron chi connectivity index (χ1n) is 17.8. The number of hydrogen-bond acceptors (Lipinski definition) is 13. The highest BCUT2D eigenvalue weighted by molar-refractivity contribution is 6.04. The number of aliphatic hydroxyl groups excluding tert-OH is 2. The van der Waals surface area contributed by atoms with Crippen molar-refractivity contribution in [2.24, 2.45) is 17.8 Å². The number of allylic oxidation sites excluding steroid dienone is 1. The molecule has 4 aliphatic rings. The third-order valence-corrected chi connectivity index (χ3v) is 11.3. The molecule has 4 rings (SSSR count). The molecule has 49 heavy (non-hydrogen) atoms. The molecule has 0 spiro atoms. The molecule has 0 aromatic heterocycles. The Morgan fingerprint density at radius 3 is 2.14 bits per heavy atom. The predicted molar refractivity (Wildman–Crippen MR) is 178 cm³/mol. The molecule has 0 saturated carbocycles. The van der Waals surface area contributed by atoms with E-state index < -0.39 is 89.7 Å². The zero-order chi connectivity index (χ0) is 37.0. The van der Waals surface area contributed by atoms with Gasteiger partial charge in [0.25, 0.3) is 0 Å². The van der Waals surface area contributed by atoms with Crippen LogP contribution in [0.3, 0.4) is 0 Å². The van der Waals surface area contributed by atoms with Gasteiger partial charge in [-0.15, -0.1) is 0 Å². The molecule has 3 fully saturated rings. The summed E-state index contributed by atoms with van der Waals surface area (Å²) >= 11 is 0. The van der Waals surface area contributed by atoms with Gasteiger partial charge >= 0.3 is 5.97 Å². The van der Waals surface area contributed by atoms with Crippen LogP contribution in [0, 0.1) is 17.8 Å². The quantitative estimate of drug-likeness (QED) is 0.298. The highest BCUT2D eigenvalue weighted by Crippen LogP contribution is 2.44. The molecule has 0 amide bonds. The molecule has 13 nitrogen and oxygen atoms in total. The maximum absolute atomic E-state index is 14.1. The maximum Gasteiger partial charge on any atom is 0.311 e. The van der Waals surface area contributed by atoms with E-state index in [0.29, 0.717) is 24.2 Å². The van der Waals surface area contributed by atoms with Crippen LogP contribution in [0.5, 0.6) is 0 Å². The summed E-state index contributed by atoms with van der Waals surface area (Å²) in [6, 6.07) is -0.288. The van der Waals surface area contributed by atoms with Crippen LogP contribution in [0.4, 0.5) is 0 Å². The monoisotopic (exact) mass is 699 g/mol. The van der Waals surface area contributed by atoms with Gasteiger partial charge in [-0.05, 0) is 81.8 Å². The van der Waals surface area contributed by atoms with Crippen LogP contribution in [0.15, 0.2) is 11.3 Å². The van der Waals surface area contributed by atoms with Crippen LogP contribution in [0.1, 0.15) is 94.9 Å². The van der Waals surface area contributed by atoms with E-state index in [2.05, 4.69) is 0 Å². The van der Waals surface area contributed by atoms with Crippen molar-refractivity contribution < 1.29 is 58.4 Å².